The molecule has 0 radical (unpaired) electrons. The van der Waals surface area contributed by atoms with E-state index >= 15 is 0 Å². The molecule has 0 saturated carbocycles. The van der Waals surface area contributed by atoms with Gasteiger partial charge in [-0.3, -0.25) is 0 Å². The van der Waals surface area contributed by atoms with Gasteiger partial charge in [0.25, 0.3) is 0 Å². The molecule has 2 unspecified atom stereocenters. The first-order chi connectivity index (χ1) is 15.9. The Morgan fingerprint density at radius 2 is 1.76 bits per heavy atom. The van der Waals surface area contributed by atoms with Crippen LogP contribution >= 0.6 is 0 Å². The van der Waals surface area contributed by atoms with Crippen molar-refractivity contribution in [2.45, 2.75) is 69.3 Å². The molecule has 2 fully saturated rings. The highest BCUT2D eigenvalue weighted by molar-refractivity contribution is 5.47. The van der Waals surface area contributed by atoms with E-state index in [-0.39, 0.29) is 36.4 Å². The van der Waals surface area contributed by atoms with Crippen molar-refractivity contribution in [1.29, 1.82) is 0 Å². The van der Waals surface area contributed by atoms with Gasteiger partial charge in [0.2, 0.25) is 0 Å². The van der Waals surface area contributed by atoms with Gasteiger partial charge in [0.1, 0.15) is 17.6 Å². The Kier molecular flexibility index (Phi) is 6.34. The Morgan fingerprint density at radius 3 is 2.35 bits per heavy atom. The maximum Gasteiger partial charge on any atom is 0.417 e. The number of hydrogen-bond donors (Lipinski definition) is 1. The number of benzene rings is 1. The summed E-state index contributed by atoms with van der Waals surface area (Å²) in [5, 5.41) is 11.3. The lowest BCUT2D eigenvalue weighted by molar-refractivity contribution is -0.138. The first-order valence-corrected chi connectivity index (χ1v) is 11.0. The van der Waals surface area contributed by atoms with Gasteiger partial charge in [-0.15, -0.1) is 0 Å². The summed E-state index contributed by atoms with van der Waals surface area (Å²) in [4.78, 5) is 5.54. The minimum atomic E-state index is -4.53. The third-order valence-electron chi connectivity index (χ3n) is 6.13. The molecular formula is C23H24F6N2O3. The van der Waals surface area contributed by atoms with Gasteiger partial charge in [-0.2, -0.15) is 26.3 Å². The molecule has 1 aromatic heterocycles. The molecule has 34 heavy (non-hydrogen) atoms. The van der Waals surface area contributed by atoms with E-state index in [4.69, 9.17) is 9.47 Å². The van der Waals surface area contributed by atoms with E-state index in [9.17, 15) is 31.4 Å². The van der Waals surface area contributed by atoms with Gasteiger partial charge in [0.05, 0.1) is 17.7 Å². The van der Waals surface area contributed by atoms with E-state index in [1.165, 1.54) is 12.1 Å². The molecule has 0 spiro atoms. The first kappa shape index (κ1) is 24.4. The summed E-state index contributed by atoms with van der Waals surface area (Å²) in [6, 6.07) is 4.94. The van der Waals surface area contributed by atoms with E-state index in [0.717, 1.165) is 24.4 Å². The normalized spacial score (nSPS) is 24.9. The second-order valence-corrected chi connectivity index (χ2v) is 8.64. The van der Waals surface area contributed by atoms with E-state index in [0.29, 0.717) is 25.7 Å². The monoisotopic (exact) mass is 490 g/mol. The number of halogens is 6. The van der Waals surface area contributed by atoms with Crippen molar-refractivity contribution in [3.63, 3.8) is 0 Å². The highest BCUT2D eigenvalue weighted by Crippen LogP contribution is 2.47. The number of rotatable bonds is 6. The van der Waals surface area contributed by atoms with Gasteiger partial charge in [0, 0.05) is 25.1 Å². The summed E-state index contributed by atoms with van der Waals surface area (Å²) in [7, 11) is 0. The molecule has 2 aliphatic rings. The Morgan fingerprint density at radius 1 is 1.06 bits per heavy atom. The van der Waals surface area contributed by atoms with Gasteiger partial charge in [-0.05, 0) is 49.6 Å². The molecule has 186 valence electrons. The van der Waals surface area contributed by atoms with Crippen molar-refractivity contribution >= 4 is 5.82 Å². The second kappa shape index (κ2) is 8.83. The minimum Gasteiger partial charge on any atom is -0.490 e. The predicted molar refractivity (Wildman–Crippen MR) is 111 cm³/mol. The predicted octanol–water partition coefficient (Wildman–Crippen LogP) is 5.81. The van der Waals surface area contributed by atoms with E-state index < -0.39 is 35.3 Å². The van der Waals surface area contributed by atoms with Crippen LogP contribution in [0.15, 0.2) is 36.5 Å². The Balaban J connectivity index is 1.53. The number of piperidine rings is 1. The van der Waals surface area contributed by atoms with E-state index in [1.54, 1.807) is 4.90 Å². The van der Waals surface area contributed by atoms with Gasteiger partial charge >= 0.3 is 12.4 Å². The van der Waals surface area contributed by atoms with Crippen LogP contribution in [0.2, 0.25) is 0 Å². The summed E-state index contributed by atoms with van der Waals surface area (Å²) in [5.41, 5.74) is -3.12. The fourth-order valence-electron chi connectivity index (χ4n) is 4.63. The summed E-state index contributed by atoms with van der Waals surface area (Å²) in [5.74, 6) is 0.358. The molecule has 2 bridgehead atoms. The van der Waals surface area contributed by atoms with E-state index in [1.807, 2.05) is 6.92 Å². The van der Waals surface area contributed by atoms with Crippen LogP contribution < -0.4 is 14.4 Å². The van der Waals surface area contributed by atoms with Crippen molar-refractivity contribution in [3.05, 3.63) is 47.7 Å². The highest BCUT2D eigenvalue weighted by Gasteiger charge is 2.52. The number of anilines is 1. The average molecular weight is 490 g/mol. The third-order valence-corrected chi connectivity index (χ3v) is 6.13. The lowest BCUT2D eigenvalue weighted by Crippen LogP contribution is -2.55. The van der Waals surface area contributed by atoms with Crippen molar-refractivity contribution < 1.29 is 40.9 Å². The van der Waals surface area contributed by atoms with Crippen molar-refractivity contribution in [1.82, 2.24) is 4.98 Å². The minimum absolute atomic E-state index is 0.0251. The number of alkyl halides is 6. The molecule has 2 saturated heterocycles. The molecule has 0 amide bonds. The highest BCUT2D eigenvalue weighted by atomic mass is 19.4. The number of pyridine rings is 1. The van der Waals surface area contributed by atoms with Crippen molar-refractivity contribution in [3.8, 4) is 11.5 Å². The zero-order valence-electron chi connectivity index (χ0n) is 18.3. The molecule has 3 heterocycles. The largest absolute Gasteiger partial charge is 0.490 e. The lowest BCUT2D eigenvalue weighted by Gasteiger charge is -2.45. The second-order valence-electron chi connectivity index (χ2n) is 8.64. The number of ether oxygens (including phenoxy) is 2. The molecule has 4 rings (SSSR count). The summed E-state index contributed by atoms with van der Waals surface area (Å²) in [6.45, 7) is 2.04. The fourth-order valence-corrected chi connectivity index (χ4v) is 4.63. The molecule has 0 aliphatic carbocycles. The topological polar surface area (TPSA) is 54.8 Å². The molecule has 2 aromatic rings. The van der Waals surface area contributed by atoms with E-state index in [2.05, 4.69) is 4.98 Å². The number of aliphatic hydroxyl groups is 1. The number of aromatic nitrogens is 1. The molecule has 5 nitrogen and oxygen atoms in total. The summed E-state index contributed by atoms with van der Waals surface area (Å²) < 4.78 is 89.5. The van der Waals surface area contributed by atoms with Crippen LogP contribution in [0.1, 0.15) is 50.2 Å². The third kappa shape index (κ3) is 4.89. The summed E-state index contributed by atoms with van der Waals surface area (Å²) in [6.07, 6.45) is -6.77. The van der Waals surface area contributed by atoms with Crippen LogP contribution in [0.4, 0.5) is 32.2 Å². The molecule has 3 atom stereocenters. The average Bonchev–Trinajstić information content (AvgIpc) is 2.97. The van der Waals surface area contributed by atoms with Crippen LogP contribution in [-0.2, 0) is 12.4 Å². The maximum absolute atomic E-state index is 13.1. The smallest absolute Gasteiger partial charge is 0.417 e. The van der Waals surface area contributed by atoms with Crippen molar-refractivity contribution in [2.75, 3.05) is 11.5 Å². The fraction of sp³-hybridized carbons (Fsp3) is 0.522. The number of nitrogens with zero attached hydrogens (tertiary/aromatic N) is 2. The van der Waals surface area contributed by atoms with Crippen LogP contribution in [0.3, 0.4) is 0 Å². The van der Waals surface area contributed by atoms with Crippen molar-refractivity contribution in [2.24, 2.45) is 0 Å². The lowest BCUT2D eigenvalue weighted by atomic mass is 9.96. The Hall–Kier alpha value is -2.69. The van der Waals surface area contributed by atoms with Gasteiger partial charge < -0.3 is 19.5 Å². The molecule has 1 N–H and O–H groups in total. The Labute approximate surface area is 192 Å². The summed E-state index contributed by atoms with van der Waals surface area (Å²) >= 11 is 0. The van der Waals surface area contributed by atoms with Crippen LogP contribution in [-0.4, -0.2) is 34.6 Å². The SMILES string of the molecule is CCCOc1cc(C(F)(F)F)ccc1O[C@@H]1CC2CCC(O)(C1)N2c1ccc(C(F)(F)F)cn1. The van der Waals surface area contributed by atoms with Crippen LogP contribution in [0, 0.1) is 0 Å². The molecular weight excluding hydrogens is 466 g/mol. The molecule has 1 aromatic carbocycles. The number of fused-ring (bicyclic) bond motifs is 2. The molecule has 11 heteroatoms. The van der Waals surface area contributed by atoms with Gasteiger partial charge in [0.15, 0.2) is 11.5 Å². The van der Waals surface area contributed by atoms with Gasteiger partial charge in [-0.25, -0.2) is 4.98 Å². The number of hydrogen-bond acceptors (Lipinski definition) is 5. The Bertz CT molecular complexity index is 1010. The standard InChI is InChI=1S/C23H24F6N2O3/c1-2-9-33-19-10-14(22(24,25)26)3-5-18(19)34-17-11-16-7-8-21(32,12-17)31(16)20-6-4-15(13-30-20)23(27,28)29/h3-6,10,13,16-17,32H,2,7-9,11-12H2,1H3/t16?,17-,21?/m1/s1. The zero-order chi connectivity index (χ0) is 24.7. The quantitative estimate of drug-likeness (QED) is 0.519. The molecule has 2 aliphatic heterocycles. The van der Waals surface area contributed by atoms with Crippen LogP contribution in [0.25, 0.3) is 0 Å². The first-order valence-electron chi connectivity index (χ1n) is 11.0. The zero-order valence-corrected chi connectivity index (χ0v) is 18.3. The maximum atomic E-state index is 13.1. The van der Waals surface area contributed by atoms with Crippen LogP contribution in [0.5, 0.6) is 11.5 Å². The van der Waals surface area contributed by atoms with Gasteiger partial charge in [-0.1, -0.05) is 6.92 Å².